The first kappa shape index (κ1) is 19.1. The van der Waals surface area contributed by atoms with Crippen LogP contribution in [0, 0.1) is 0 Å². The minimum Gasteiger partial charge on any atom is -0.488 e. The number of nitrogens with zero attached hydrogens (tertiary/aromatic N) is 1. The molecule has 0 fully saturated rings. The predicted octanol–water partition coefficient (Wildman–Crippen LogP) is 5.63. The molecule has 3 aromatic carbocycles. The third-order valence-electron chi connectivity index (χ3n) is 5.48. The van der Waals surface area contributed by atoms with Crippen LogP contribution in [0.4, 0.5) is 5.69 Å². The first-order chi connectivity index (χ1) is 14.2. The molecular formula is C25H26N2O2. The van der Waals surface area contributed by atoms with Gasteiger partial charge in [-0.3, -0.25) is 4.79 Å². The van der Waals surface area contributed by atoms with Crippen LogP contribution in [0.1, 0.15) is 47.9 Å². The Morgan fingerprint density at radius 2 is 1.66 bits per heavy atom. The van der Waals surface area contributed by atoms with Gasteiger partial charge in [-0.1, -0.05) is 67.6 Å². The Morgan fingerprint density at radius 1 is 0.966 bits per heavy atom. The molecule has 1 aliphatic rings. The smallest absolute Gasteiger partial charge is 0.258 e. The third kappa shape index (κ3) is 3.83. The largest absolute Gasteiger partial charge is 0.488 e. The number of anilines is 1. The van der Waals surface area contributed by atoms with Crippen molar-refractivity contribution in [2.75, 3.05) is 5.32 Å². The molecular weight excluding hydrogens is 360 g/mol. The molecule has 0 spiro atoms. The summed E-state index contributed by atoms with van der Waals surface area (Å²) in [7, 11) is 0. The molecule has 4 nitrogen and oxygen atoms in total. The summed E-state index contributed by atoms with van der Waals surface area (Å²) in [5.41, 5.74) is 3.65. The molecule has 0 radical (unpaired) electrons. The summed E-state index contributed by atoms with van der Waals surface area (Å²) in [6.45, 7) is 4.68. The first-order valence-electron chi connectivity index (χ1n) is 10.1. The normalized spacial score (nSPS) is 16.7. The molecule has 4 rings (SSSR count). The summed E-state index contributed by atoms with van der Waals surface area (Å²) in [6.07, 6.45) is 0.596. The van der Waals surface area contributed by atoms with Crippen LogP contribution in [-0.4, -0.2) is 16.8 Å². The minimum absolute atomic E-state index is 0.0524. The second-order valence-corrected chi connectivity index (χ2v) is 7.37. The van der Waals surface area contributed by atoms with Crippen molar-refractivity contribution in [2.24, 2.45) is 0 Å². The lowest BCUT2D eigenvalue weighted by atomic mass is 10.00. The number of hydrogen-bond donors (Lipinski definition) is 1. The quantitative estimate of drug-likeness (QED) is 0.597. The second-order valence-electron chi connectivity index (χ2n) is 7.37. The Bertz CT molecular complexity index is 987. The number of nitrogens with one attached hydrogen (secondary N) is 1. The Hall–Kier alpha value is -3.27. The van der Waals surface area contributed by atoms with E-state index >= 15 is 0 Å². The first-order valence-corrected chi connectivity index (χ1v) is 10.1. The van der Waals surface area contributed by atoms with E-state index in [9.17, 15) is 4.79 Å². The number of amides is 1. The predicted molar refractivity (Wildman–Crippen MR) is 116 cm³/mol. The highest BCUT2D eigenvalue weighted by Gasteiger charge is 2.36. The van der Waals surface area contributed by atoms with E-state index in [4.69, 9.17) is 4.74 Å². The van der Waals surface area contributed by atoms with Gasteiger partial charge in [0.25, 0.3) is 5.91 Å². The zero-order chi connectivity index (χ0) is 20.2. The molecule has 3 aromatic rings. The van der Waals surface area contributed by atoms with Gasteiger partial charge in [0.05, 0.1) is 5.56 Å². The van der Waals surface area contributed by atoms with E-state index in [-0.39, 0.29) is 18.1 Å². The number of rotatable bonds is 6. The second kappa shape index (κ2) is 8.39. The highest BCUT2D eigenvalue weighted by atomic mass is 16.5. The van der Waals surface area contributed by atoms with E-state index in [1.54, 1.807) is 0 Å². The van der Waals surface area contributed by atoms with Crippen LogP contribution in [0.15, 0.2) is 78.9 Å². The number of carbonyl (C=O) groups is 1. The number of ether oxygens (including phenoxy) is 1. The third-order valence-corrected chi connectivity index (χ3v) is 5.48. The number of fused-ring (bicyclic) bond motifs is 1. The molecule has 1 heterocycles. The summed E-state index contributed by atoms with van der Waals surface area (Å²) >= 11 is 0. The summed E-state index contributed by atoms with van der Waals surface area (Å²) in [5, 5.41) is 3.57. The molecule has 148 valence electrons. The van der Waals surface area contributed by atoms with Gasteiger partial charge in [0.2, 0.25) is 0 Å². The maximum atomic E-state index is 13.3. The van der Waals surface area contributed by atoms with Gasteiger partial charge in [-0.25, -0.2) is 0 Å². The minimum atomic E-state index is -0.278. The van der Waals surface area contributed by atoms with E-state index in [2.05, 4.69) is 19.2 Å². The van der Waals surface area contributed by atoms with Gasteiger partial charge in [0.15, 0.2) is 0 Å². The van der Waals surface area contributed by atoms with E-state index in [0.29, 0.717) is 12.2 Å². The van der Waals surface area contributed by atoms with Gasteiger partial charge in [0.1, 0.15) is 18.5 Å². The fourth-order valence-corrected chi connectivity index (χ4v) is 3.72. The number of para-hydroxylation sites is 2. The van der Waals surface area contributed by atoms with Crippen molar-refractivity contribution in [1.82, 2.24) is 4.90 Å². The Morgan fingerprint density at radius 3 is 2.45 bits per heavy atom. The van der Waals surface area contributed by atoms with Crippen molar-refractivity contribution in [3.63, 3.8) is 0 Å². The van der Waals surface area contributed by atoms with Crippen LogP contribution in [0.25, 0.3) is 0 Å². The van der Waals surface area contributed by atoms with Crippen LogP contribution in [0.5, 0.6) is 5.75 Å². The van der Waals surface area contributed by atoms with E-state index < -0.39 is 0 Å². The topological polar surface area (TPSA) is 41.6 Å². The standard InChI is InChI=1S/C25H26N2O2/c1-3-18(2)27-24(26-22-15-9-7-13-20(22)25(27)28)21-14-8-10-16-23(21)29-17-19-11-5-4-6-12-19/h4-16,18,24,26H,3,17H2,1-2H3. The summed E-state index contributed by atoms with van der Waals surface area (Å²) < 4.78 is 6.18. The van der Waals surface area contributed by atoms with Crippen molar-refractivity contribution < 1.29 is 9.53 Å². The summed E-state index contributed by atoms with van der Waals surface area (Å²) in [6, 6.07) is 25.9. The van der Waals surface area contributed by atoms with Crippen LogP contribution < -0.4 is 10.1 Å². The van der Waals surface area contributed by atoms with E-state index in [0.717, 1.165) is 29.0 Å². The average molecular weight is 386 g/mol. The van der Waals surface area contributed by atoms with Crippen molar-refractivity contribution in [2.45, 2.75) is 39.1 Å². The highest BCUT2D eigenvalue weighted by Crippen LogP contribution is 2.38. The van der Waals surface area contributed by atoms with E-state index in [1.807, 2.05) is 83.8 Å². The summed E-state index contributed by atoms with van der Waals surface area (Å²) in [4.78, 5) is 15.3. The zero-order valence-corrected chi connectivity index (χ0v) is 16.8. The number of carbonyl (C=O) groups excluding carboxylic acids is 1. The van der Waals surface area contributed by atoms with Gasteiger partial charge in [-0.05, 0) is 37.1 Å². The molecule has 0 saturated carbocycles. The Kier molecular flexibility index (Phi) is 5.52. The molecule has 1 aliphatic heterocycles. The fraction of sp³-hybridized carbons (Fsp3) is 0.240. The molecule has 2 unspecified atom stereocenters. The molecule has 2 atom stereocenters. The van der Waals surface area contributed by atoms with Crippen molar-refractivity contribution in [3.05, 3.63) is 95.6 Å². The zero-order valence-electron chi connectivity index (χ0n) is 16.8. The fourth-order valence-electron chi connectivity index (χ4n) is 3.72. The molecule has 1 amide bonds. The molecule has 0 saturated heterocycles. The lowest BCUT2D eigenvalue weighted by Crippen LogP contribution is -2.47. The monoisotopic (exact) mass is 386 g/mol. The van der Waals surface area contributed by atoms with E-state index in [1.165, 1.54) is 0 Å². The summed E-state index contributed by atoms with van der Waals surface area (Å²) in [5.74, 6) is 0.839. The van der Waals surface area contributed by atoms with Crippen molar-refractivity contribution >= 4 is 11.6 Å². The van der Waals surface area contributed by atoms with Crippen LogP contribution in [0.3, 0.4) is 0 Å². The Balaban J connectivity index is 1.69. The molecule has 4 heteroatoms. The average Bonchev–Trinajstić information content (AvgIpc) is 2.78. The highest BCUT2D eigenvalue weighted by molar-refractivity contribution is 6.02. The maximum absolute atomic E-state index is 13.3. The lowest BCUT2D eigenvalue weighted by Gasteiger charge is -2.42. The lowest BCUT2D eigenvalue weighted by molar-refractivity contribution is 0.0590. The van der Waals surface area contributed by atoms with Crippen LogP contribution >= 0.6 is 0 Å². The number of hydrogen-bond acceptors (Lipinski definition) is 3. The maximum Gasteiger partial charge on any atom is 0.258 e. The Labute approximate surface area is 172 Å². The van der Waals surface area contributed by atoms with Crippen molar-refractivity contribution in [3.8, 4) is 5.75 Å². The van der Waals surface area contributed by atoms with Gasteiger partial charge < -0.3 is 15.0 Å². The molecule has 29 heavy (non-hydrogen) atoms. The SMILES string of the molecule is CCC(C)N1C(=O)c2ccccc2NC1c1ccccc1OCc1ccccc1. The van der Waals surface area contributed by atoms with Crippen LogP contribution in [-0.2, 0) is 6.61 Å². The number of benzene rings is 3. The van der Waals surface area contributed by atoms with Gasteiger partial charge in [0, 0.05) is 17.3 Å². The van der Waals surface area contributed by atoms with Gasteiger partial charge in [-0.2, -0.15) is 0 Å². The van der Waals surface area contributed by atoms with Crippen molar-refractivity contribution in [1.29, 1.82) is 0 Å². The van der Waals surface area contributed by atoms with Crippen LogP contribution in [0.2, 0.25) is 0 Å². The molecule has 1 N–H and O–H groups in total. The molecule has 0 aromatic heterocycles. The molecule has 0 bridgehead atoms. The van der Waals surface area contributed by atoms with Gasteiger partial charge in [-0.15, -0.1) is 0 Å². The van der Waals surface area contributed by atoms with Gasteiger partial charge >= 0.3 is 0 Å². The molecule has 0 aliphatic carbocycles.